The van der Waals surface area contributed by atoms with Crippen LogP contribution in [0, 0.1) is 0 Å². The highest BCUT2D eigenvalue weighted by molar-refractivity contribution is 6.00. The molecule has 1 aliphatic rings. The van der Waals surface area contributed by atoms with Crippen molar-refractivity contribution in [3.05, 3.63) is 90.5 Å². The number of amides is 2. The van der Waals surface area contributed by atoms with Crippen LogP contribution in [0.2, 0.25) is 0 Å². The van der Waals surface area contributed by atoms with Crippen LogP contribution < -0.4 is 5.32 Å². The topological polar surface area (TPSA) is 58.6 Å². The fourth-order valence-corrected chi connectivity index (χ4v) is 3.48. The lowest BCUT2D eigenvalue weighted by Crippen LogP contribution is -2.54. The van der Waals surface area contributed by atoms with Crippen LogP contribution in [0.15, 0.2) is 84.9 Å². The number of carbonyl (C=O) groups is 2. The van der Waals surface area contributed by atoms with Crippen molar-refractivity contribution < 1.29 is 14.3 Å². The highest BCUT2D eigenvalue weighted by atomic mass is 16.5. The summed E-state index contributed by atoms with van der Waals surface area (Å²) < 4.78 is 5.38. The Labute approximate surface area is 169 Å². The summed E-state index contributed by atoms with van der Waals surface area (Å²) in [7, 11) is 0. The number of hydrogen-bond donors (Lipinski definition) is 1. The molecule has 1 fully saturated rings. The Morgan fingerprint density at radius 3 is 2.34 bits per heavy atom. The van der Waals surface area contributed by atoms with Crippen LogP contribution in [0.1, 0.15) is 5.56 Å². The lowest BCUT2D eigenvalue weighted by molar-refractivity contribution is -0.154. The summed E-state index contributed by atoms with van der Waals surface area (Å²) in [6.07, 6.45) is 0. The zero-order valence-electron chi connectivity index (χ0n) is 16.0. The van der Waals surface area contributed by atoms with Crippen LogP contribution >= 0.6 is 0 Å². The van der Waals surface area contributed by atoms with Crippen LogP contribution in [0.3, 0.4) is 0 Å². The minimum absolute atomic E-state index is 0.00276. The first-order valence-corrected chi connectivity index (χ1v) is 9.59. The molecule has 3 aromatic carbocycles. The second kappa shape index (κ2) is 8.71. The third kappa shape index (κ3) is 4.36. The number of benzene rings is 3. The molecule has 2 amide bonds. The third-order valence-electron chi connectivity index (χ3n) is 4.97. The van der Waals surface area contributed by atoms with E-state index >= 15 is 0 Å². The molecule has 0 aliphatic carbocycles. The van der Waals surface area contributed by atoms with E-state index in [1.165, 1.54) is 0 Å². The number of anilines is 1. The molecule has 0 bridgehead atoms. The summed E-state index contributed by atoms with van der Waals surface area (Å²) in [5.74, 6) is -0.436. The molecule has 1 atom stereocenters. The summed E-state index contributed by atoms with van der Waals surface area (Å²) in [4.78, 5) is 27.2. The molecule has 1 N–H and O–H groups in total. The molecule has 1 aliphatic heterocycles. The van der Waals surface area contributed by atoms with Gasteiger partial charge in [0.1, 0.15) is 12.6 Å². The number of nitrogens with zero attached hydrogens (tertiary/aromatic N) is 1. The molecule has 0 unspecified atom stereocenters. The second-order valence-corrected chi connectivity index (χ2v) is 6.94. The summed E-state index contributed by atoms with van der Waals surface area (Å²) in [5.41, 5.74) is 3.63. The smallest absolute Gasteiger partial charge is 0.249 e. The molecule has 3 aromatic rings. The fourth-order valence-electron chi connectivity index (χ4n) is 3.48. The molecular weight excluding hydrogens is 364 g/mol. The summed E-state index contributed by atoms with van der Waals surface area (Å²) in [6, 6.07) is 26.5. The molecule has 1 heterocycles. The lowest BCUT2D eigenvalue weighted by atomic mass is 10.0. The van der Waals surface area contributed by atoms with Crippen LogP contribution in [0.5, 0.6) is 0 Å². The van der Waals surface area contributed by atoms with Crippen molar-refractivity contribution >= 4 is 17.5 Å². The molecule has 0 saturated carbocycles. The molecule has 0 radical (unpaired) electrons. The van der Waals surface area contributed by atoms with Crippen molar-refractivity contribution in [3.8, 4) is 11.1 Å². The van der Waals surface area contributed by atoms with Crippen LogP contribution in [0.25, 0.3) is 11.1 Å². The first kappa shape index (κ1) is 18.9. The van der Waals surface area contributed by atoms with Crippen molar-refractivity contribution in [3.63, 3.8) is 0 Å². The molecular formula is C24H22N2O3. The van der Waals surface area contributed by atoms with Gasteiger partial charge in [0.05, 0.1) is 6.61 Å². The van der Waals surface area contributed by atoms with Gasteiger partial charge in [-0.25, -0.2) is 0 Å². The Hall–Kier alpha value is -3.44. The Morgan fingerprint density at radius 1 is 0.931 bits per heavy atom. The number of para-hydroxylation sites is 1. The Bertz CT molecular complexity index is 989. The van der Waals surface area contributed by atoms with Crippen molar-refractivity contribution in [2.24, 2.45) is 0 Å². The third-order valence-corrected chi connectivity index (χ3v) is 4.97. The molecule has 0 spiro atoms. The standard InChI is InChI=1S/C24H22N2O3/c27-23-17-29-16-22(26(23)15-18-9-3-1-4-10-18)24(28)25-21-14-8-7-13-20(21)19-11-5-2-6-12-19/h1-14,22H,15-17H2,(H,25,28)/t22-/m1/s1. The van der Waals surface area contributed by atoms with Gasteiger partial charge < -0.3 is 15.0 Å². The summed E-state index contributed by atoms with van der Waals surface area (Å²) in [5, 5.41) is 3.00. The van der Waals surface area contributed by atoms with Gasteiger partial charge in [0, 0.05) is 17.8 Å². The van der Waals surface area contributed by atoms with Gasteiger partial charge in [-0.2, -0.15) is 0 Å². The predicted octanol–water partition coefficient (Wildman–Crippen LogP) is 3.72. The predicted molar refractivity (Wildman–Crippen MR) is 112 cm³/mol. The first-order valence-electron chi connectivity index (χ1n) is 9.59. The van der Waals surface area contributed by atoms with E-state index in [0.717, 1.165) is 16.7 Å². The lowest BCUT2D eigenvalue weighted by Gasteiger charge is -2.34. The van der Waals surface area contributed by atoms with E-state index in [9.17, 15) is 9.59 Å². The van der Waals surface area contributed by atoms with Crippen molar-refractivity contribution in [1.29, 1.82) is 0 Å². The Morgan fingerprint density at radius 2 is 1.59 bits per heavy atom. The number of ether oxygens (including phenoxy) is 1. The Balaban J connectivity index is 1.56. The molecule has 4 rings (SSSR count). The Kier molecular flexibility index (Phi) is 5.68. The van der Waals surface area contributed by atoms with Gasteiger partial charge in [0.15, 0.2) is 0 Å². The average Bonchev–Trinajstić information content (AvgIpc) is 2.77. The number of nitrogens with one attached hydrogen (secondary N) is 1. The number of hydrogen-bond acceptors (Lipinski definition) is 3. The summed E-state index contributed by atoms with van der Waals surface area (Å²) in [6.45, 7) is 0.552. The highest BCUT2D eigenvalue weighted by Crippen LogP contribution is 2.28. The van der Waals surface area contributed by atoms with E-state index in [1.54, 1.807) is 4.90 Å². The minimum Gasteiger partial charge on any atom is -0.369 e. The maximum atomic E-state index is 13.1. The zero-order chi connectivity index (χ0) is 20.1. The molecule has 5 heteroatoms. The van der Waals surface area contributed by atoms with Crippen LogP contribution in [-0.4, -0.2) is 36.0 Å². The highest BCUT2D eigenvalue weighted by Gasteiger charge is 2.34. The monoisotopic (exact) mass is 386 g/mol. The molecule has 5 nitrogen and oxygen atoms in total. The van der Waals surface area contributed by atoms with E-state index in [0.29, 0.717) is 12.2 Å². The maximum Gasteiger partial charge on any atom is 0.249 e. The summed E-state index contributed by atoms with van der Waals surface area (Å²) >= 11 is 0. The second-order valence-electron chi connectivity index (χ2n) is 6.94. The SMILES string of the molecule is O=C(Nc1ccccc1-c1ccccc1)[C@H]1COCC(=O)N1Cc1ccccc1. The molecule has 1 saturated heterocycles. The van der Waals surface area contributed by atoms with Crippen molar-refractivity contribution in [2.45, 2.75) is 12.6 Å². The van der Waals surface area contributed by atoms with Crippen molar-refractivity contribution in [1.82, 2.24) is 4.90 Å². The van der Waals surface area contributed by atoms with Gasteiger partial charge in [0.2, 0.25) is 11.8 Å². The van der Waals surface area contributed by atoms with E-state index in [-0.39, 0.29) is 25.0 Å². The quantitative estimate of drug-likeness (QED) is 0.727. The van der Waals surface area contributed by atoms with Crippen molar-refractivity contribution in [2.75, 3.05) is 18.5 Å². The average molecular weight is 386 g/mol. The molecule has 29 heavy (non-hydrogen) atoms. The zero-order valence-corrected chi connectivity index (χ0v) is 16.0. The number of morpholine rings is 1. The van der Waals surface area contributed by atoms with E-state index in [4.69, 9.17) is 4.74 Å². The van der Waals surface area contributed by atoms with Gasteiger partial charge >= 0.3 is 0 Å². The van der Waals surface area contributed by atoms with E-state index in [2.05, 4.69) is 5.32 Å². The number of rotatable bonds is 5. The van der Waals surface area contributed by atoms with Gasteiger partial charge in [-0.3, -0.25) is 9.59 Å². The van der Waals surface area contributed by atoms with E-state index < -0.39 is 6.04 Å². The normalized spacial score (nSPS) is 16.5. The first-order chi connectivity index (χ1) is 14.2. The minimum atomic E-state index is -0.680. The van der Waals surface area contributed by atoms with Crippen LogP contribution in [0.4, 0.5) is 5.69 Å². The van der Waals surface area contributed by atoms with Crippen LogP contribution in [-0.2, 0) is 20.9 Å². The number of carbonyl (C=O) groups excluding carboxylic acids is 2. The van der Waals surface area contributed by atoms with Gasteiger partial charge in [-0.1, -0.05) is 78.9 Å². The van der Waals surface area contributed by atoms with Gasteiger partial charge in [-0.15, -0.1) is 0 Å². The largest absolute Gasteiger partial charge is 0.369 e. The van der Waals surface area contributed by atoms with E-state index in [1.807, 2.05) is 84.9 Å². The van der Waals surface area contributed by atoms with Gasteiger partial charge in [-0.05, 0) is 17.2 Å². The molecule has 0 aromatic heterocycles. The molecule has 146 valence electrons. The maximum absolute atomic E-state index is 13.1. The van der Waals surface area contributed by atoms with Gasteiger partial charge in [0.25, 0.3) is 0 Å². The fraction of sp³-hybridized carbons (Fsp3) is 0.167.